The second kappa shape index (κ2) is 3.51. The summed E-state index contributed by atoms with van der Waals surface area (Å²) >= 11 is 0. The number of methoxy groups -OCH3 is 1. The highest BCUT2D eigenvalue weighted by atomic mass is 16.5. The first kappa shape index (κ1) is 9.93. The second-order valence-electron chi connectivity index (χ2n) is 4.20. The maximum absolute atomic E-state index is 11.0. The molecule has 2 atom stereocenters. The monoisotopic (exact) mass is 200 g/mol. The standard InChI is InChI=1S/C10H16O4/c1-13-8-6-7(9(11)12)10(8)2-4-14-5-3-10/h7-8H,2-6H2,1H3,(H,11,12). The van der Waals surface area contributed by atoms with Crippen molar-refractivity contribution in [3.8, 4) is 0 Å². The Morgan fingerprint density at radius 3 is 2.64 bits per heavy atom. The number of carboxylic acid groups (broad SMARTS) is 1. The number of ether oxygens (including phenoxy) is 2. The first-order valence-electron chi connectivity index (χ1n) is 5.04. The van der Waals surface area contributed by atoms with Gasteiger partial charge in [-0.3, -0.25) is 4.79 Å². The van der Waals surface area contributed by atoms with Gasteiger partial charge in [-0.25, -0.2) is 0 Å². The Kier molecular flexibility index (Phi) is 2.49. The van der Waals surface area contributed by atoms with Crippen LogP contribution in [0.1, 0.15) is 19.3 Å². The van der Waals surface area contributed by atoms with Crippen molar-refractivity contribution in [1.82, 2.24) is 0 Å². The Morgan fingerprint density at radius 2 is 2.14 bits per heavy atom. The molecule has 1 aliphatic heterocycles. The first-order valence-corrected chi connectivity index (χ1v) is 5.04. The molecule has 0 amide bonds. The Bertz CT molecular complexity index is 232. The van der Waals surface area contributed by atoms with Gasteiger partial charge in [0.2, 0.25) is 0 Å². The van der Waals surface area contributed by atoms with Crippen LogP contribution in [-0.2, 0) is 14.3 Å². The van der Waals surface area contributed by atoms with E-state index in [0.717, 1.165) is 12.8 Å². The van der Waals surface area contributed by atoms with Gasteiger partial charge < -0.3 is 14.6 Å². The van der Waals surface area contributed by atoms with Gasteiger partial charge >= 0.3 is 5.97 Å². The normalized spacial score (nSPS) is 35.2. The maximum Gasteiger partial charge on any atom is 0.307 e. The quantitative estimate of drug-likeness (QED) is 0.719. The van der Waals surface area contributed by atoms with Gasteiger partial charge in [0.1, 0.15) is 0 Å². The lowest BCUT2D eigenvalue weighted by Crippen LogP contribution is -2.59. The smallest absolute Gasteiger partial charge is 0.307 e. The van der Waals surface area contributed by atoms with Crippen LogP contribution < -0.4 is 0 Å². The van der Waals surface area contributed by atoms with Gasteiger partial charge in [-0.15, -0.1) is 0 Å². The number of aliphatic carboxylic acids is 1. The van der Waals surface area contributed by atoms with Gasteiger partial charge in [0, 0.05) is 25.7 Å². The first-order chi connectivity index (χ1) is 6.70. The minimum Gasteiger partial charge on any atom is -0.481 e. The van der Waals surface area contributed by atoms with Crippen molar-refractivity contribution in [3.05, 3.63) is 0 Å². The molecular formula is C10H16O4. The van der Waals surface area contributed by atoms with Crippen molar-refractivity contribution in [2.75, 3.05) is 20.3 Å². The highest BCUT2D eigenvalue weighted by molar-refractivity contribution is 5.73. The Labute approximate surface area is 83.2 Å². The van der Waals surface area contributed by atoms with Crippen LogP contribution in [0.15, 0.2) is 0 Å². The molecular weight excluding hydrogens is 184 g/mol. The third-order valence-electron chi connectivity index (χ3n) is 3.79. The molecule has 4 heteroatoms. The predicted molar refractivity (Wildman–Crippen MR) is 49.0 cm³/mol. The van der Waals surface area contributed by atoms with E-state index in [1.807, 2.05) is 0 Å². The fourth-order valence-corrected chi connectivity index (χ4v) is 2.85. The highest BCUT2D eigenvalue weighted by Gasteiger charge is 2.58. The summed E-state index contributed by atoms with van der Waals surface area (Å²) in [4.78, 5) is 11.0. The molecule has 0 aromatic carbocycles. The molecule has 1 saturated carbocycles. The third kappa shape index (κ3) is 1.25. The van der Waals surface area contributed by atoms with Gasteiger partial charge in [-0.05, 0) is 19.3 Å². The van der Waals surface area contributed by atoms with Gasteiger partial charge in [-0.1, -0.05) is 0 Å². The maximum atomic E-state index is 11.0. The van der Waals surface area contributed by atoms with E-state index in [-0.39, 0.29) is 17.4 Å². The summed E-state index contributed by atoms with van der Waals surface area (Å²) < 4.78 is 10.6. The summed E-state index contributed by atoms with van der Waals surface area (Å²) in [7, 11) is 1.67. The molecule has 14 heavy (non-hydrogen) atoms. The Hall–Kier alpha value is -0.610. The highest BCUT2D eigenvalue weighted by Crippen LogP contribution is 2.54. The number of hydrogen-bond acceptors (Lipinski definition) is 3. The van der Waals surface area contributed by atoms with Gasteiger partial charge in [0.15, 0.2) is 0 Å². The fourth-order valence-electron chi connectivity index (χ4n) is 2.85. The van der Waals surface area contributed by atoms with Crippen LogP contribution in [0.3, 0.4) is 0 Å². The summed E-state index contributed by atoms with van der Waals surface area (Å²) in [6.45, 7) is 1.34. The molecule has 0 aromatic heterocycles. The topological polar surface area (TPSA) is 55.8 Å². The summed E-state index contributed by atoms with van der Waals surface area (Å²) in [5.74, 6) is -0.906. The lowest BCUT2D eigenvalue weighted by Gasteiger charge is -2.55. The van der Waals surface area contributed by atoms with E-state index in [0.29, 0.717) is 19.6 Å². The molecule has 0 aromatic rings. The fraction of sp³-hybridized carbons (Fsp3) is 0.900. The third-order valence-corrected chi connectivity index (χ3v) is 3.79. The largest absolute Gasteiger partial charge is 0.481 e. The average molecular weight is 200 g/mol. The van der Waals surface area contributed by atoms with Crippen LogP contribution in [0, 0.1) is 11.3 Å². The number of carboxylic acids is 1. The number of carbonyl (C=O) groups is 1. The van der Waals surface area contributed by atoms with Crippen LogP contribution in [0.25, 0.3) is 0 Å². The summed E-state index contributed by atoms with van der Waals surface area (Å²) in [6.07, 6.45) is 2.42. The predicted octanol–water partition coefficient (Wildman–Crippen LogP) is 0.903. The SMILES string of the molecule is COC1CC(C(=O)O)C12CCOCC2. The molecule has 1 N–H and O–H groups in total. The molecule has 1 spiro atoms. The van der Waals surface area contributed by atoms with E-state index in [9.17, 15) is 4.79 Å². The van der Waals surface area contributed by atoms with E-state index >= 15 is 0 Å². The molecule has 2 fully saturated rings. The lowest BCUT2D eigenvalue weighted by atomic mass is 9.54. The molecule has 1 heterocycles. The van der Waals surface area contributed by atoms with Crippen molar-refractivity contribution in [2.45, 2.75) is 25.4 Å². The zero-order chi connectivity index (χ0) is 10.2. The summed E-state index contributed by atoms with van der Waals surface area (Å²) in [6, 6.07) is 0. The zero-order valence-corrected chi connectivity index (χ0v) is 8.36. The van der Waals surface area contributed by atoms with Crippen LogP contribution in [0.5, 0.6) is 0 Å². The molecule has 2 rings (SSSR count). The molecule has 4 nitrogen and oxygen atoms in total. The molecule has 1 aliphatic carbocycles. The van der Waals surface area contributed by atoms with E-state index in [4.69, 9.17) is 14.6 Å². The van der Waals surface area contributed by atoms with Crippen LogP contribution in [0.4, 0.5) is 0 Å². The minimum atomic E-state index is -0.680. The van der Waals surface area contributed by atoms with E-state index in [1.54, 1.807) is 7.11 Å². The lowest BCUT2D eigenvalue weighted by molar-refractivity contribution is -0.200. The minimum absolute atomic E-state index is 0.118. The van der Waals surface area contributed by atoms with Crippen molar-refractivity contribution < 1.29 is 19.4 Å². The molecule has 0 bridgehead atoms. The van der Waals surface area contributed by atoms with Crippen molar-refractivity contribution in [3.63, 3.8) is 0 Å². The summed E-state index contributed by atoms with van der Waals surface area (Å²) in [5, 5.41) is 9.07. The van der Waals surface area contributed by atoms with Gasteiger partial charge in [-0.2, -0.15) is 0 Å². The van der Waals surface area contributed by atoms with Gasteiger partial charge in [0.25, 0.3) is 0 Å². The van der Waals surface area contributed by atoms with Crippen LogP contribution in [0.2, 0.25) is 0 Å². The molecule has 0 radical (unpaired) electrons. The van der Waals surface area contributed by atoms with Crippen molar-refractivity contribution in [2.24, 2.45) is 11.3 Å². The van der Waals surface area contributed by atoms with Crippen molar-refractivity contribution in [1.29, 1.82) is 0 Å². The average Bonchev–Trinajstić information content (AvgIpc) is 2.17. The Morgan fingerprint density at radius 1 is 1.50 bits per heavy atom. The summed E-state index contributed by atoms with van der Waals surface area (Å²) in [5.41, 5.74) is -0.140. The van der Waals surface area contributed by atoms with E-state index in [1.165, 1.54) is 0 Å². The van der Waals surface area contributed by atoms with Crippen LogP contribution >= 0.6 is 0 Å². The molecule has 80 valence electrons. The molecule has 1 saturated heterocycles. The zero-order valence-electron chi connectivity index (χ0n) is 8.36. The number of rotatable bonds is 2. The van der Waals surface area contributed by atoms with Gasteiger partial charge in [0.05, 0.1) is 12.0 Å². The molecule has 2 unspecified atom stereocenters. The van der Waals surface area contributed by atoms with Crippen molar-refractivity contribution >= 4 is 5.97 Å². The Balaban J connectivity index is 2.13. The number of hydrogen-bond donors (Lipinski definition) is 1. The van der Waals surface area contributed by atoms with Crippen LogP contribution in [-0.4, -0.2) is 37.5 Å². The van der Waals surface area contributed by atoms with E-state index in [2.05, 4.69) is 0 Å². The second-order valence-corrected chi connectivity index (χ2v) is 4.20. The molecule has 2 aliphatic rings. The van der Waals surface area contributed by atoms with E-state index < -0.39 is 5.97 Å².